The Bertz CT molecular complexity index is 1150. The Morgan fingerprint density at radius 2 is 1.91 bits per heavy atom. The predicted octanol–water partition coefficient (Wildman–Crippen LogP) is 2.15. The Hall–Kier alpha value is -3.67. The first kappa shape index (κ1) is 23.0. The third-order valence-electron chi connectivity index (χ3n) is 4.51. The Kier molecular flexibility index (Phi) is 6.35. The average molecular weight is 449 g/mol. The smallest absolute Gasteiger partial charge is 0.351 e. The van der Waals surface area contributed by atoms with Crippen LogP contribution in [0.1, 0.15) is 34.4 Å². The first-order chi connectivity index (χ1) is 15.0. The van der Waals surface area contributed by atoms with E-state index in [1.54, 1.807) is 32.2 Å². The van der Waals surface area contributed by atoms with E-state index in [-0.39, 0.29) is 23.8 Å². The van der Waals surface area contributed by atoms with Crippen molar-refractivity contribution in [1.82, 2.24) is 24.9 Å². The molecule has 0 unspecified atom stereocenters. The summed E-state index contributed by atoms with van der Waals surface area (Å²) in [6.07, 6.45) is -4.74. The summed E-state index contributed by atoms with van der Waals surface area (Å²) in [5.74, 6) is -0.840. The number of aromatic nitrogens is 4. The van der Waals surface area contributed by atoms with Crippen LogP contribution in [0.5, 0.6) is 0 Å². The standard InChI is InChI=1S/C20H22F3N7O2/c1-11-7-17(29(3)27-11)26-19(32)15-9-16(20(21,22)23)28-30(15)14-6-4-5-13(8-14)10-25-18(31)12(2)24/h4-9,12H,10,24H2,1-3H3,(H,25,31)(H,26,32)/t12-/m0/s1. The van der Waals surface area contributed by atoms with Crippen LogP contribution in [-0.4, -0.2) is 37.4 Å². The van der Waals surface area contributed by atoms with E-state index in [1.807, 2.05) is 0 Å². The van der Waals surface area contributed by atoms with Gasteiger partial charge in [0, 0.05) is 25.7 Å². The highest BCUT2D eigenvalue weighted by Gasteiger charge is 2.36. The second-order valence-corrected chi connectivity index (χ2v) is 7.25. The van der Waals surface area contributed by atoms with Gasteiger partial charge in [0.15, 0.2) is 5.69 Å². The number of carbonyl (C=O) groups excluding carboxylic acids is 2. The largest absolute Gasteiger partial charge is 0.435 e. The number of hydrogen-bond acceptors (Lipinski definition) is 5. The van der Waals surface area contributed by atoms with Gasteiger partial charge in [0.1, 0.15) is 11.5 Å². The third-order valence-corrected chi connectivity index (χ3v) is 4.51. The highest BCUT2D eigenvalue weighted by atomic mass is 19.4. The summed E-state index contributed by atoms with van der Waals surface area (Å²) in [6, 6.07) is 7.87. The van der Waals surface area contributed by atoms with Gasteiger partial charge < -0.3 is 16.4 Å². The zero-order valence-electron chi connectivity index (χ0n) is 17.6. The van der Waals surface area contributed by atoms with Gasteiger partial charge in [0.25, 0.3) is 5.91 Å². The molecule has 3 aromatic rings. The number of nitrogens with one attached hydrogen (secondary N) is 2. The molecule has 0 fully saturated rings. The van der Waals surface area contributed by atoms with E-state index in [0.29, 0.717) is 23.1 Å². The number of amides is 2. The van der Waals surface area contributed by atoms with Crippen molar-refractivity contribution >= 4 is 17.6 Å². The van der Waals surface area contributed by atoms with Gasteiger partial charge >= 0.3 is 6.18 Å². The SMILES string of the molecule is Cc1cc(NC(=O)c2cc(C(F)(F)F)nn2-c2cccc(CNC(=O)[C@H](C)N)c2)n(C)n1. The number of carbonyl (C=O) groups is 2. The molecule has 2 aromatic heterocycles. The lowest BCUT2D eigenvalue weighted by atomic mass is 10.2. The van der Waals surface area contributed by atoms with Crippen molar-refractivity contribution in [3.05, 3.63) is 59.0 Å². The molecule has 170 valence electrons. The van der Waals surface area contributed by atoms with Gasteiger partial charge in [-0.15, -0.1) is 0 Å². The molecule has 0 aliphatic rings. The molecule has 0 saturated carbocycles. The number of anilines is 1. The van der Waals surface area contributed by atoms with Crippen LogP contribution < -0.4 is 16.4 Å². The van der Waals surface area contributed by atoms with Gasteiger partial charge in [-0.2, -0.15) is 23.4 Å². The second-order valence-electron chi connectivity index (χ2n) is 7.25. The van der Waals surface area contributed by atoms with Crippen LogP contribution in [0.2, 0.25) is 0 Å². The van der Waals surface area contributed by atoms with Crippen LogP contribution >= 0.6 is 0 Å². The summed E-state index contributed by atoms with van der Waals surface area (Å²) in [7, 11) is 1.60. The molecule has 9 nitrogen and oxygen atoms in total. The van der Waals surface area contributed by atoms with Crippen molar-refractivity contribution in [3.8, 4) is 5.69 Å². The fourth-order valence-corrected chi connectivity index (χ4v) is 2.93. The molecule has 0 bridgehead atoms. The number of nitrogens with two attached hydrogens (primary N) is 1. The lowest BCUT2D eigenvalue weighted by Gasteiger charge is -2.11. The lowest BCUT2D eigenvalue weighted by molar-refractivity contribution is -0.141. The van der Waals surface area contributed by atoms with Crippen LogP contribution in [0, 0.1) is 6.92 Å². The molecule has 12 heteroatoms. The molecule has 2 amide bonds. The fraction of sp³-hybridized carbons (Fsp3) is 0.300. The normalized spacial score (nSPS) is 12.5. The molecule has 0 spiro atoms. The average Bonchev–Trinajstić information content (AvgIpc) is 3.29. The number of alkyl halides is 3. The van der Waals surface area contributed by atoms with E-state index < -0.39 is 23.8 Å². The highest BCUT2D eigenvalue weighted by Crippen LogP contribution is 2.30. The van der Waals surface area contributed by atoms with Crippen LogP contribution in [0.4, 0.5) is 19.0 Å². The fourth-order valence-electron chi connectivity index (χ4n) is 2.93. The van der Waals surface area contributed by atoms with Crippen molar-refractivity contribution in [2.24, 2.45) is 12.8 Å². The van der Waals surface area contributed by atoms with Gasteiger partial charge in [-0.3, -0.25) is 14.3 Å². The highest BCUT2D eigenvalue weighted by molar-refractivity contribution is 6.03. The summed E-state index contributed by atoms with van der Waals surface area (Å²) < 4.78 is 42.3. The lowest BCUT2D eigenvalue weighted by Crippen LogP contribution is -2.37. The first-order valence-electron chi connectivity index (χ1n) is 9.57. The minimum Gasteiger partial charge on any atom is -0.351 e. The van der Waals surface area contributed by atoms with Gasteiger partial charge in [-0.25, -0.2) is 4.68 Å². The van der Waals surface area contributed by atoms with Crippen LogP contribution in [0.25, 0.3) is 5.69 Å². The van der Waals surface area contributed by atoms with E-state index in [0.717, 1.165) is 4.68 Å². The molecular weight excluding hydrogens is 427 g/mol. The molecule has 0 aliphatic heterocycles. The number of rotatable bonds is 6. The maximum atomic E-state index is 13.3. The van der Waals surface area contributed by atoms with E-state index in [2.05, 4.69) is 20.8 Å². The van der Waals surface area contributed by atoms with Gasteiger partial charge in [-0.05, 0) is 31.5 Å². The van der Waals surface area contributed by atoms with E-state index in [9.17, 15) is 22.8 Å². The quantitative estimate of drug-likeness (QED) is 0.533. The second kappa shape index (κ2) is 8.83. The van der Waals surface area contributed by atoms with Crippen LogP contribution in [0.15, 0.2) is 36.4 Å². The Labute approximate surface area is 181 Å². The molecule has 1 aromatic carbocycles. The topological polar surface area (TPSA) is 120 Å². The van der Waals surface area contributed by atoms with Gasteiger partial charge in [0.2, 0.25) is 5.91 Å². The van der Waals surface area contributed by atoms with Crippen molar-refractivity contribution in [2.75, 3.05) is 5.32 Å². The predicted molar refractivity (Wildman–Crippen MR) is 110 cm³/mol. The summed E-state index contributed by atoms with van der Waals surface area (Å²) in [5, 5.41) is 12.9. The molecule has 4 N–H and O–H groups in total. The zero-order valence-corrected chi connectivity index (χ0v) is 17.6. The minimum absolute atomic E-state index is 0.109. The molecule has 0 radical (unpaired) electrons. The number of halogens is 3. The molecule has 3 rings (SSSR count). The van der Waals surface area contributed by atoms with Crippen LogP contribution in [-0.2, 0) is 24.6 Å². The Balaban J connectivity index is 1.96. The van der Waals surface area contributed by atoms with E-state index >= 15 is 0 Å². The Morgan fingerprint density at radius 1 is 1.19 bits per heavy atom. The number of nitrogens with zero attached hydrogens (tertiary/aromatic N) is 4. The molecule has 0 aliphatic carbocycles. The Morgan fingerprint density at radius 3 is 2.50 bits per heavy atom. The zero-order chi connectivity index (χ0) is 23.6. The molecule has 1 atom stereocenters. The van der Waals surface area contributed by atoms with Crippen molar-refractivity contribution in [1.29, 1.82) is 0 Å². The first-order valence-corrected chi connectivity index (χ1v) is 9.57. The summed E-state index contributed by atoms with van der Waals surface area (Å²) in [6.45, 7) is 3.36. The van der Waals surface area contributed by atoms with Crippen molar-refractivity contribution < 1.29 is 22.8 Å². The third kappa shape index (κ3) is 5.14. The molecule has 2 heterocycles. The van der Waals surface area contributed by atoms with Crippen molar-refractivity contribution in [2.45, 2.75) is 32.6 Å². The van der Waals surface area contributed by atoms with Crippen LogP contribution in [0.3, 0.4) is 0 Å². The molecule has 0 saturated heterocycles. The molecule has 32 heavy (non-hydrogen) atoms. The summed E-state index contributed by atoms with van der Waals surface area (Å²) in [4.78, 5) is 24.5. The summed E-state index contributed by atoms with van der Waals surface area (Å²) in [5.41, 5.74) is 5.44. The van der Waals surface area contributed by atoms with Gasteiger partial charge in [-0.1, -0.05) is 12.1 Å². The molecular formula is C20H22F3N7O2. The number of benzene rings is 1. The van der Waals surface area contributed by atoms with E-state index in [4.69, 9.17) is 5.73 Å². The van der Waals surface area contributed by atoms with Crippen molar-refractivity contribution in [3.63, 3.8) is 0 Å². The van der Waals surface area contributed by atoms with Gasteiger partial charge in [0.05, 0.1) is 17.4 Å². The maximum Gasteiger partial charge on any atom is 0.435 e. The minimum atomic E-state index is -4.74. The monoisotopic (exact) mass is 449 g/mol. The number of hydrogen-bond donors (Lipinski definition) is 3. The summed E-state index contributed by atoms with van der Waals surface area (Å²) >= 11 is 0. The van der Waals surface area contributed by atoms with E-state index in [1.165, 1.54) is 23.7 Å². The number of aryl methyl sites for hydroxylation is 2. The maximum absolute atomic E-state index is 13.3.